The number of hydrogen-bond acceptors (Lipinski definition) is 5. The Balaban J connectivity index is 1.72. The summed E-state index contributed by atoms with van der Waals surface area (Å²) in [6, 6.07) is 17.1. The lowest BCUT2D eigenvalue weighted by Gasteiger charge is -2.16. The molecule has 8 heteroatoms. The monoisotopic (exact) mass is 420 g/mol. The second-order valence-electron chi connectivity index (χ2n) is 7.41. The highest BCUT2D eigenvalue weighted by atomic mass is 16.6. The Morgan fingerprint density at radius 2 is 1.71 bits per heavy atom. The zero-order chi connectivity index (χ0) is 22.5. The van der Waals surface area contributed by atoms with Crippen LogP contribution >= 0.6 is 0 Å². The number of hydrogen-bond donors (Lipinski definition) is 1. The zero-order valence-electron chi connectivity index (χ0n) is 17.7. The quantitative estimate of drug-likeness (QED) is 0.340. The largest absolute Gasteiger partial charge is 0.294 e. The molecule has 0 fully saturated rings. The lowest BCUT2D eigenvalue weighted by Crippen LogP contribution is -2.27. The third-order valence-corrected chi connectivity index (χ3v) is 5.02. The Hall–Kier alpha value is -3.78. The maximum Gasteiger partial charge on any atom is 0.273 e. The molecule has 0 spiro atoms. The van der Waals surface area contributed by atoms with Gasteiger partial charge in [-0.15, -0.1) is 0 Å². The molecule has 3 aromatic rings. The van der Waals surface area contributed by atoms with E-state index >= 15 is 0 Å². The number of benzene rings is 2. The predicted octanol–water partition coefficient (Wildman–Crippen LogP) is 3.71. The molecule has 0 bridgehead atoms. The van der Waals surface area contributed by atoms with Crippen LogP contribution in [0.15, 0.2) is 60.7 Å². The second-order valence-corrected chi connectivity index (χ2v) is 7.41. The molecule has 3 rings (SSSR count). The van der Waals surface area contributed by atoms with Crippen LogP contribution in [0.4, 0.5) is 5.69 Å². The number of rotatable bonds is 8. The molecule has 1 amide bonds. The molecule has 1 heterocycles. The van der Waals surface area contributed by atoms with Crippen LogP contribution in [0, 0.1) is 24.0 Å². The molecule has 0 saturated heterocycles. The third-order valence-electron chi connectivity index (χ3n) is 5.02. The number of carbonyl (C=O) groups is 2. The highest BCUT2D eigenvalue weighted by Crippen LogP contribution is 2.20. The molecule has 0 saturated carbocycles. The van der Waals surface area contributed by atoms with Crippen LogP contribution in [0.25, 0.3) is 0 Å². The summed E-state index contributed by atoms with van der Waals surface area (Å²) < 4.78 is 1.60. The summed E-state index contributed by atoms with van der Waals surface area (Å²) in [6.07, 6.45) is 0. The molecule has 1 N–H and O–H groups in total. The van der Waals surface area contributed by atoms with E-state index in [9.17, 15) is 19.7 Å². The van der Waals surface area contributed by atoms with Gasteiger partial charge in [-0.05, 0) is 39.1 Å². The van der Waals surface area contributed by atoms with Crippen molar-refractivity contribution in [3.05, 3.63) is 98.9 Å². The summed E-state index contributed by atoms with van der Waals surface area (Å²) in [7, 11) is 1.74. The number of amides is 1. The van der Waals surface area contributed by atoms with Gasteiger partial charge >= 0.3 is 0 Å². The first-order chi connectivity index (χ1) is 14.8. The zero-order valence-corrected chi connectivity index (χ0v) is 17.7. The van der Waals surface area contributed by atoms with Crippen LogP contribution in [0.5, 0.6) is 0 Å². The first-order valence-electron chi connectivity index (χ1n) is 9.77. The summed E-state index contributed by atoms with van der Waals surface area (Å²) in [5, 5.41) is 11.2. The van der Waals surface area contributed by atoms with Gasteiger partial charge in [-0.25, -0.2) is 0 Å². The van der Waals surface area contributed by atoms with Crippen LogP contribution in [0.3, 0.4) is 0 Å². The number of carbonyl (C=O) groups excluding carboxylic acids is 2. The number of likely N-dealkylation sites (N-methyl/N-ethyl adjacent to an activating group) is 1. The van der Waals surface area contributed by atoms with Crippen LogP contribution in [-0.4, -0.2) is 39.8 Å². The molecule has 0 atom stereocenters. The van der Waals surface area contributed by atoms with Crippen molar-refractivity contribution in [2.75, 3.05) is 19.0 Å². The molecule has 0 radical (unpaired) electrons. The number of nitrogens with zero attached hydrogens (tertiary/aromatic N) is 3. The van der Waals surface area contributed by atoms with Gasteiger partial charge < -0.3 is 0 Å². The highest BCUT2D eigenvalue weighted by Gasteiger charge is 2.20. The molecular weight excluding hydrogens is 396 g/mol. The number of aryl methyl sites for hydroxylation is 1. The van der Waals surface area contributed by atoms with Crippen LogP contribution in [0.1, 0.15) is 37.7 Å². The molecule has 8 nitrogen and oxygen atoms in total. The van der Waals surface area contributed by atoms with Gasteiger partial charge in [0.1, 0.15) is 0 Å². The molecular formula is C23H24N4O4. The number of ketones is 1. The van der Waals surface area contributed by atoms with Gasteiger partial charge in [0.05, 0.1) is 11.5 Å². The average molecular weight is 420 g/mol. The first kappa shape index (κ1) is 21.9. The fourth-order valence-corrected chi connectivity index (χ4v) is 3.47. The number of Topliss-reactive ketones (excluding diaryl/α,β-unsaturated/α-hetero) is 1. The van der Waals surface area contributed by atoms with Gasteiger partial charge in [0.2, 0.25) is 0 Å². The summed E-state index contributed by atoms with van der Waals surface area (Å²) in [6.45, 7) is 3.94. The van der Waals surface area contributed by atoms with Crippen molar-refractivity contribution in [1.82, 2.24) is 9.58 Å². The van der Waals surface area contributed by atoms with E-state index < -0.39 is 4.92 Å². The highest BCUT2D eigenvalue weighted by molar-refractivity contribution is 6.01. The normalized spacial score (nSPS) is 10.8. The van der Waals surface area contributed by atoms with Crippen LogP contribution in [0.2, 0.25) is 0 Å². The molecule has 31 heavy (non-hydrogen) atoms. The van der Waals surface area contributed by atoms with Crippen molar-refractivity contribution in [3.8, 4) is 0 Å². The van der Waals surface area contributed by atoms with E-state index in [4.69, 9.17) is 0 Å². The molecule has 2 aromatic carbocycles. The molecule has 0 aliphatic carbocycles. The Kier molecular flexibility index (Phi) is 6.61. The van der Waals surface area contributed by atoms with Crippen molar-refractivity contribution in [3.63, 3.8) is 0 Å². The third kappa shape index (κ3) is 5.04. The van der Waals surface area contributed by atoms with E-state index in [0.717, 1.165) is 5.69 Å². The Labute approximate surface area is 180 Å². The minimum absolute atomic E-state index is 0.0311. The number of nitrogens with one attached hydrogen (secondary N) is 1. The summed E-state index contributed by atoms with van der Waals surface area (Å²) in [5.41, 5.74) is 5.78. The maximum absolute atomic E-state index is 12.9. The lowest BCUT2D eigenvalue weighted by atomic mass is 10.1. The standard InChI is InChI=1S/C23H24N4O4/c1-16-13-20(17(2)26(16)24-23(29)18-9-5-4-6-10-18)22(28)15-25(3)14-19-11-7-8-12-21(19)27(30)31/h4-13H,14-15H2,1-3H3,(H,24,29). The number of nitro groups is 1. The Morgan fingerprint density at radius 3 is 2.39 bits per heavy atom. The summed E-state index contributed by atoms with van der Waals surface area (Å²) in [4.78, 5) is 37.9. The van der Waals surface area contributed by atoms with Crippen LogP contribution in [-0.2, 0) is 6.54 Å². The van der Waals surface area contributed by atoms with Gasteiger partial charge in [0.15, 0.2) is 5.78 Å². The molecule has 0 aliphatic heterocycles. The number of aromatic nitrogens is 1. The molecule has 0 unspecified atom stereocenters. The van der Waals surface area contributed by atoms with Crippen molar-refractivity contribution < 1.29 is 14.5 Å². The SMILES string of the molecule is Cc1cc(C(=O)CN(C)Cc2ccccc2[N+](=O)[O-])c(C)n1NC(=O)c1ccccc1. The fraction of sp³-hybridized carbons (Fsp3) is 0.217. The maximum atomic E-state index is 12.9. The van der Waals surface area contributed by atoms with E-state index in [1.807, 2.05) is 13.0 Å². The van der Waals surface area contributed by atoms with Crippen molar-refractivity contribution in [1.29, 1.82) is 0 Å². The minimum Gasteiger partial charge on any atom is -0.294 e. The fourth-order valence-electron chi connectivity index (χ4n) is 3.47. The molecule has 1 aromatic heterocycles. The number of para-hydroxylation sites is 1. The van der Waals surface area contributed by atoms with Gasteiger partial charge in [-0.2, -0.15) is 0 Å². The van der Waals surface area contributed by atoms with E-state index in [1.54, 1.807) is 72.1 Å². The molecule has 160 valence electrons. The predicted molar refractivity (Wildman–Crippen MR) is 118 cm³/mol. The van der Waals surface area contributed by atoms with E-state index in [2.05, 4.69) is 5.43 Å². The Bertz CT molecular complexity index is 1120. The smallest absolute Gasteiger partial charge is 0.273 e. The number of nitro benzene ring substituents is 1. The first-order valence-corrected chi connectivity index (χ1v) is 9.77. The van der Waals surface area contributed by atoms with E-state index in [-0.39, 0.29) is 30.5 Å². The van der Waals surface area contributed by atoms with Crippen LogP contribution < -0.4 is 5.43 Å². The lowest BCUT2D eigenvalue weighted by molar-refractivity contribution is -0.385. The van der Waals surface area contributed by atoms with Gasteiger partial charge in [0.25, 0.3) is 11.6 Å². The minimum atomic E-state index is -0.423. The van der Waals surface area contributed by atoms with Crippen molar-refractivity contribution in [2.24, 2.45) is 0 Å². The average Bonchev–Trinajstić information content (AvgIpc) is 3.02. The summed E-state index contributed by atoms with van der Waals surface area (Å²) in [5.74, 6) is -0.399. The summed E-state index contributed by atoms with van der Waals surface area (Å²) >= 11 is 0. The van der Waals surface area contributed by atoms with E-state index in [0.29, 0.717) is 22.4 Å². The second kappa shape index (κ2) is 9.36. The van der Waals surface area contributed by atoms with Crippen molar-refractivity contribution >= 4 is 17.4 Å². The van der Waals surface area contributed by atoms with Crippen molar-refractivity contribution in [2.45, 2.75) is 20.4 Å². The topological polar surface area (TPSA) is 97.5 Å². The van der Waals surface area contributed by atoms with Gasteiger partial charge in [-0.3, -0.25) is 34.7 Å². The Morgan fingerprint density at radius 1 is 1.06 bits per heavy atom. The van der Waals surface area contributed by atoms with Gasteiger partial charge in [0, 0.05) is 40.7 Å². The van der Waals surface area contributed by atoms with E-state index in [1.165, 1.54) is 6.07 Å². The molecule has 0 aliphatic rings. The van der Waals surface area contributed by atoms with Gasteiger partial charge in [-0.1, -0.05) is 36.4 Å².